The van der Waals surface area contributed by atoms with E-state index in [9.17, 15) is 9.59 Å². The third kappa shape index (κ3) is 5.27. The fourth-order valence-corrected chi connectivity index (χ4v) is 5.92. The number of hydrogen-bond acceptors (Lipinski definition) is 5. The van der Waals surface area contributed by atoms with Gasteiger partial charge in [0.2, 0.25) is 11.8 Å². The number of fused-ring (bicyclic) bond motifs is 1. The summed E-state index contributed by atoms with van der Waals surface area (Å²) in [6.07, 6.45) is 9.68. The number of furan rings is 1. The molecule has 7 nitrogen and oxygen atoms in total. The van der Waals surface area contributed by atoms with Crippen molar-refractivity contribution >= 4 is 22.8 Å². The average molecular weight is 503 g/mol. The molecular weight excluding hydrogens is 464 g/mol. The molecule has 3 atom stereocenters. The summed E-state index contributed by atoms with van der Waals surface area (Å²) in [6.45, 7) is 6.52. The second-order valence-corrected chi connectivity index (χ2v) is 10.8. The lowest BCUT2D eigenvalue weighted by atomic mass is 9.83. The second-order valence-electron chi connectivity index (χ2n) is 10.8. The number of nitrogens with zero attached hydrogens (tertiary/aromatic N) is 3. The number of likely N-dealkylation sites (tertiary alicyclic amines) is 1. The van der Waals surface area contributed by atoms with Crippen molar-refractivity contribution in [2.45, 2.75) is 84.2 Å². The third-order valence-corrected chi connectivity index (χ3v) is 8.24. The monoisotopic (exact) mass is 502 g/mol. The van der Waals surface area contributed by atoms with Gasteiger partial charge in [-0.25, -0.2) is 9.97 Å². The quantitative estimate of drug-likeness (QED) is 0.430. The first-order valence-electron chi connectivity index (χ1n) is 13.9. The standard InChI is InChI=1S/C30H38N4O3/c1-4-19(2)29(35)33-28(21-11-6-5-7-12-21)30(36)34-16-10-14-26(34)25-17-24(31-20(3)32-25)23-18-37-27-15-9-8-13-22(23)27/h8-9,13,15,17-19,21,26,28H,4-7,10-12,14,16H2,1-3H3,(H,33,35). The van der Waals surface area contributed by atoms with Crippen LogP contribution in [0.3, 0.4) is 0 Å². The molecule has 0 spiro atoms. The molecule has 1 aromatic carbocycles. The zero-order chi connectivity index (χ0) is 25.9. The molecule has 5 rings (SSSR count). The SMILES string of the molecule is CCC(C)C(=O)NC(C(=O)N1CCCC1c1cc(-c2coc3ccccc23)nc(C)n1)C1CCCCC1. The zero-order valence-corrected chi connectivity index (χ0v) is 22.2. The molecule has 3 heterocycles. The van der Waals surface area contributed by atoms with Crippen LogP contribution in [0.5, 0.6) is 0 Å². The minimum atomic E-state index is -0.470. The Morgan fingerprint density at radius 1 is 1.11 bits per heavy atom. The van der Waals surface area contributed by atoms with Crippen molar-refractivity contribution in [2.24, 2.45) is 11.8 Å². The van der Waals surface area contributed by atoms with Crippen LogP contribution in [0.2, 0.25) is 0 Å². The summed E-state index contributed by atoms with van der Waals surface area (Å²) in [5, 5.41) is 4.19. The number of hydrogen-bond donors (Lipinski definition) is 1. The van der Waals surface area contributed by atoms with Crippen molar-refractivity contribution in [2.75, 3.05) is 6.54 Å². The highest BCUT2D eigenvalue weighted by Gasteiger charge is 2.39. The molecule has 2 aromatic heterocycles. The Hall–Kier alpha value is -3.22. The number of aromatic nitrogens is 2. The molecule has 2 aliphatic rings. The minimum Gasteiger partial charge on any atom is -0.464 e. The summed E-state index contributed by atoms with van der Waals surface area (Å²) >= 11 is 0. The zero-order valence-electron chi connectivity index (χ0n) is 22.2. The minimum absolute atomic E-state index is 0.0193. The summed E-state index contributed by atoms with van der Waals surface area (Å²) in [4.78, 5) is 38.5. The van der Waals surface area contributed by atoms with E-state index in [-0.39, 0.29) is 29.7 Å². The van der Waals surface area contributed by atoms with Gasteiger partial charge in [-0.15, -0.1) is 0 Å². The van der Waals surface area contributed by atoms with E-state index in [1.54, 1.807) is 6.26 Å². The van der Waals surface area contributed by atoms with Crippen molar-refractivity contribution in [1.82, 2.24) is 20.2 Å². The lowest BCUT2D eigenvalue weighted by molar-refractivity contribution is -0.140. The van der Waals surface area contributed by atoms with Crippen LogP contribution in [0.15, 0.2) is 41.0 Å². The molecule has 1 N–H and O–H groups in total. The number of carbonyl (C=O) groups is 2. The molecule has 1 aliphatic carbocycles. The van der Waals surface area contributed by atoms with Crippen LogP contribution < -0.4 is 5.32 Å². The highest BCUT2D eigenvalue weighted by Crippen LogP contribution is 2.37. The van der Waals surface area contributed by atoms with Crippen LogP contribution >= 0.6 is 0 Å². The van der Waals surface area contributed by atoms with Gasteiger partial charge in [0, 0.05) is 23.4 Å². The molecular formula is C30H38N4O3. The molecule has 1 saturated heterocycles. The van der Waals surface area contributed by atoms with Gasteiger partial charge in [0.25, 0.3) is 0 Å². The van der Waals surface area contributed by atoms with E-state index < -0.39 is 6.04 Å². The number of amides is 2. The van der Waals surface area contributed by atoms with Gasteiger partial charge in [0.15, 0.2) is 0 Å². The maximum Gasteiger partial charge on any atom is 0.246 e. The molecule has 3 aromatic rings. The summed E-state index contributed by atoms with van der Waals surface area (Å²) < 4.78 is 5.77. The van der Waals surface area contributed by atoms with E-state index in [2.05, 4.69) is 5.32 Å². The Labute approximate surface area is 219 Å². The van der Waals surface area contributed by atoms with E-state index >= 15 is 0 Å². The van der Waals surface area contributed by atoms with Gasteiger partial charge in [0.1, 0.15) is 23.7 Å². The summed E-state index contributed by atoms with van der Waals surface area (Å²) in [7, 11) is 0. The summed E-state index contributed by atoms with van der Waals surface area (Å²) in [5.74, 6) is 0.776. The van der Waals surface area contributed by atoms with Crippen molar-refractivity contribution in [1.29, 1.82) is 0 Å². The maximum absolute atomic E-state index is 14.1. The van der Waals surface area contributed by atoms with E-state index in [1.165, 1.54) is 6.42 Å². The van der Waals surface area contributed by atoms with Crippen LogP contribution in [0.25, 0.3) is 22.2 Å². The molecule has 3 unspecified atom stereocenters. The smallest absolute Gasteiger partial charge is 0.246 e. The normalized spacial score (nSPS) is 20.2. The van der Waals surface area contributed by atoms with E-state index in [1.807, 2.05) is 56.0 Å². The van der Waals surface area contributed by atoms with E-state index in [4.69, 9.17) is 14.4 Å². The molecule has 1 aliphatic heterocycles. The molecule has 196 valence electrons. The molecule has 37 heavy (non-hydrogen) atoms. The lowest BCUT2D eigenvalue weighted by Gasteiger charge is -2.35. The second kappa shape index (κ2) is 11.0. The van der Waals surface area contributed by atoms with E-state index in [0.29, 0.717) is 12.4 Å². The van der Waals surface area contributed by atoms with Gasteiger partial charge in [-0.2, -0.15) is 0 Å². The fraction of sp³-hybridized carbons (Fsp3) is 0.533. The Kier molecular flexibility index (Phi) is 7.58. The Balaban J connectivity index is 1.44. The number of aryl methyl sites for hydroxylation is 1. The molecule has 7 heteroatoms. The number of para-hydroxylation sites is 1. The van der Waals surface area contributed by atoms with Crippen LogP contribution in [0, 0.1) is 18.8 Å². The summed E-state index contributed by atoms with van der Waals surface area (Å²) in [5.41, 5.74) is 3.41. The van der Waals surface area contributed by atoms with Crippen molar-refractivity contribution in [3.05, 3.63) is 48.1 Å². The van der Waals surface area contributed by atoms with E-state index in [0.717, 1.165) is 72.9 Å². The van der Waals surface area contributed by atoms with Gasteiger partial charge in [-0.05, 0) is 57.1 Å². The summed E-state index contributed by atoms with van der Waals surface area (Å²) in [6, 6.07) is 9.34. The van der Waals surface area contributed by atoms with Gasteiger partial charge >= 0.3 is 0 Å². The first-order valence-corrected chi connectivity index (χ1v) is 13.9. The van der Waals surface area contributed by atoms with Crippen molar-refractivity contribution in [3.63, 3.8) is 0 Å². The maximum atomic E-state index is 14.1. The predicted molar refractivity (Wildman–Crippen MR) is 144 cm³/mol. The van der Waals surface area contributed by atoms with Crippen LogP contribution in [0.1, 0.15) is 82.8 Å². The fourth-order valence-electron chi connectivity index (χ4n) is 5.92. The van der Waals surface area contributed by atoms with Crippen molar-refractivity contribution in [3.8, 4) is 11.3 Å². The van der Waals surface area contributed by atoms with Crippen molar-refractivity contribution < 1.29 is 14.0 Å². The van der Waals surface area contributed by atoms with Gasteiger partial charge in [0.05, 0.1) is 17.4 Å². The number of rotatable bonds is 7. The molecule has 1 saturated carbocycles. The predicted octanol–water partition coefficient (Wildman–Crippen LogP) is 5.97. The Morgan fingerprint density at radius 2 is 1.89 bits per heavy atom. The lowest BCUT2D eigenvalue weighted by Crippen LogP contribution is -2.53. The molecule has 2 fully saturated rings. The Morgan fingerprint density at radius 3 is 2.68 bits per heavy atom. The number of nitrogens with one attached hydrogen (secondary N) is 1. The number of benzene rings is 1. The molecule has 2 amide bonds. The van der Waals surface area contributed by atoms with Gasteiger partial charge < -0.3 is 14.6 Å². The van der Waals surface area contributed by atoms with Crippen LogP contribution in [0.4, 0.5) is 0 Å². The van der Waals surface area contributed by atoms with Crippen LogP contribution in [-0.2, 0) is 9.59 Å². The largest absolute Gasteiger partial charge is 0.464 e. The van der Waals surface area contributed by atoms with Gasteiger partial charge in [-0.1, -0.05) is 51.3 Å². The molecule has 0 radical (unpaired) electrons. The Bertz CT molecular complexity index is 1260. The first kappa shape index (κ1) is 25.4. The average Bonchev–Trinajstić information content (AvgIpc) is 3.59. The highest BCUT2D eigenvalue weighted by atomic mass is 16.3. The highest BCUT2D eigenvalue weighted by molar-refractivity contribution is 5.93. The molecule has 0 bridgehead atoms. The third-order valence-electron chi connectivity index (χ3n) is 8.24. The van der Waals surface area contributed by atoms with Crippen LogP contribution in [-0.4, -0.2) is 39.3 Å². The van der Waals surface area contributed by atoms with Gasteiger partial charge in [-0.3, -0.25) is 9.59 Å². The number of carbonyl (C=O) groups excluding carboxylic acids is 2. The topological polar surface area (TPSA) is 88.3 Å². The first-order chi connectivity index (χ1) is 18.0.